The number of hydrogen-bond donors (Lipinski definition) is 1. The van der Waals surface area contributed by atoms with E-state index in [9.17, 15) is 18.4 Å². The van der Waals surface area contributed by atoms with Crippen LogP contribution < -0.4 is 10.5 Å². The molecular weight excluding hydrogens is 404 g/mol. The van der Waals surface area contributed by atoms with Crippen LogP contribution in [0.4, 0.5) is 14.6 Å². The number of hydrogen-bond acceptors (Lipinski definition) is 9. The number of nitrogens with two attached hydrogens (primary N) is 1. The largest absolute Gasteiger partial charge is 0.462 e. The van der Waals surface area contributed by atoms with Crippen molar-refractivity contribution in [3.8, 4) is 5.75 Å². The molecule has 0 atom stereocenters. The summed E-state index contributed by atoms with van der Waals surface area (Å²) >= 11 is 0. The third-order valence-corrected chi connectivity index (χ3v) is 3.94. The van der Waals surface area contributed by atoms with Crippen LogP contribution in [0.2, 0.25) is 0 Å². The van der Waals surface area contributed by atoms with Gasteiger partial charge in [-0.2, -0.15) is 13.8 Å². The maximum absolute atomic E-state index is 12.5. The van der Waals surface area contributed by atoms with Gasteiger partial charge in [0.1, 0.15) is 28.5 Å². The van der Waals surface area contributed by atoms with E-state index in [1.54, 1.807) is 13.8 Å². The zero-order valence-electron chi connectivity index (χ0n) is 16.0. The molecular formula is C19H17F2N3O6. The summed E-state index contributed by atoms with van der Waals surface area (Å²) in [6, 6.07) is 5.40. The van der Waals surface area contributed by atoms with Gasteiger partial charge in [-0.25, -0.2) is 14.6 Å². The van der Waals surface area contributed by atoms with Gasteiger partial charge < -0.3 is 24.4 Å². The fourth-order valence-electron chi connectivity index (χ4n) is 2.74. The van der Waals surface area contributed by atoms with Crippen molar-refractivity contribution in [2.24, 2.45) is 0 Å². The molecule has 0 bridgehead atoms. The molecule has 0 aliphatic rings. The van der Waals surface area contributed by atoms with E-state index < -0.39 is 25.2 Å². The van der Waals surface area contributed by atoms with Crippen molar-refractivity contribution in [3.05, 3.63) is 47.0 Å². The number of alkyl halides is 2. The Bertz CT molecular complexity index is 1100. The minimum absolute atomic E-state index is 0.00947. The summed E-state index contributed by atoms with van der Waals surface area (Å²) in [5.41, 5.74) is 5.89. The summed E-state index contributed by atoms with van der Waals surface area (Å²) in [6.07, 6.45) is 0. The van der Waals surface area contributed by atoms with Crippen LogP contribution in [-0.4, -0.2) is 35.1 Å². The second-order valence-electron chi connectivity index (χ2n) is 5.91. The van der Waals surface area contributed by atoms with E-state index >= 15 is 0 Å². The average molecular weight is 421 g/mol. The Morgan fingerprint density at radius 1 is 1.17 bits per heavy atom. The number of nitrogen functional groups attached to an aromatic ring is 1. The molecule has 0 saturated heterocycles. The lowest BCUT2D eigenvalue weighted by molar-refractivity contribution is -0.0505. The van der Waals surface area contributed by atoms with Gasteiger partial charge in [0.2, 0.25) is 5.71 Å². The third kappa shape index (κ3) is 4.29. The molecule has 0 fully saturated rings. The zero-order chi connectivity index (χ0) is 21.8. The quantitative estimate of drug-likeness (QED) is 0.572. The lowest BCUT2D eigenvalue weighted by Crippen LogP contribution is -2.12. The van der Waals surface area contributed by atoms with Crippen LogP contribution in [0.15, 0.2) is 28.7 Å². The van der Waals surface area contributed by atoms with Crippen LogP contribution in [0.25, 0.3) is 11.1 Å². The van der Waals surface area contributed by atoms with Crippen molar-refractivity contribution < 1.29 is 37.0 Å². The Morgan fingerprint density at radius 2 is 1.90 bits per heavy atom. The van der Waals surface area contributed by atoms with Crippen LogP contribution in [-0.2, 0) is 16.1 Å². The molecule has 0 saturated carbocycles. The van der Waals surface area contributed by atoms with Crippen molar-refractivity contribution in [1.82, 2.24) is 9.97 Å². The number of carbonyl (C=O) groups is 2. The van der Waals surface area contributed by atoms with Gasteiger partial charge in [-0.15, -0.1) is 0 Å². The average Bonchev–Trinajstić information content (AvgIpc) is 3.02. The lowest BCUT2D eigenvalue weighted by Gasteiger charge is -2.10. The SMILES string of the molecule is CCOC(=O)c1c(C)oc2nc(COC(=O)c3ccccc3OC(F)F)nc(N)c12. The van der Waals surface area contributed by atoms with E-state index in [4.69, 9.17) is 19.6 Å². The van der Waals surface area contributed by atoms with Gasteiger partial charge >= 0.3 is 18.6 Å². The minimum atomic E-state index is -3.10. The van der Waals surface area contributed by atoms with Crippen molar-refractivity contribution in [2.45, 2.75) is 27.1 Å². The molecule has 0 spiro atoms. The van der Waals surface area contributed by atoms with Gasteiger partial charge in [-0.05, 0) is 26.0 Å². The molecule has 11 heteroatoms. The normalized spacial score (nSPS) is 11.0. The maximum atomic E-state index is 12.5. The Kier molecular flexibility index (Phi) is 6.09. The number of carbonyl (C=O) groups excluding carboxylic acids is 2. The van der Waals surface area contributed by atoms with Gasteiger partial charge in [0.05, 0.1) is 12.0 Å². The van der Waals surface area contributed by atoms with Crippen LogP contribution >= 0.6 is 0 Å². The first-order valence-electron chi connectivity index (χ1n) is 8.75. The molecule has 0 aliphatic carbocycles. The first-order chi connectivity index (χ1) is 14.3. The predicted molar refractivity (Wildman–Crippen MR) is 99.1 cm³/mol. The Hall–Kier alpha value is -3.76. The highest BCUT2D eigenvalue weighted by Crippen LogP contribution is 2.29. The number of aryl methyl sites for hydroxylation is 1. The van der Waals surface area contributed by atoms with Gasteiger partial charge in [0.15, 0.2) is 12.4 Å². The third-order valence-electron chi connectivity index (χ3n) is 3.94. The van der Waals surface area contributed by atoms with Crippen molar-refractivity contribution in [3.63, 3.8) is 0 Å². The first-order valence-corrected chi connectivity index (χ1v) is 8.75. The molecule has 0 aliphatic heterocycles. The molecule has 0 amide bonds. The fraction of sp³-hybridized carbons (Fsp3) is 0.263. The van der Waals surface area contributed by atoms with E-state index in [1.165, 1.54) is 24.3 Å². The van der Waals surface area contributed by atoms with Crippen LogP contribution in [0, 0.1) is 6.92 Å². The number of benzene rings is 1. The van der Waals surface area contributed by atoms with E-state index in [1.807, 2.05) is 0 Å². The fourth-order valence-corrected chi connectivity index (χ4v) is 2.74. The number of halogens is 2. The molecule has 2 aromatic heterocycles. The maximum Gasteiger partial charge on any atom is 0.387 e. The molecule has 3 aromatic rings. The number of rotatable bonds is 7. The molecule has 3 rings (SSSR count). The van der Waals surface area contributed by atoms with E-state index in [-0.39, 0.29) is 52.0 Å². The summed E-state index contributed by atoms with van der Waals surface area (Å²) < 4.78 is 44.8. The number of ether oxygens (including phenoxy) is 3. The van der Waals surface area contributed by atoms with Gasteiger partial charge in [-0.1, -0.05) is 12.1 Å². The zero-order valence-corrected chi connectivity index (χ0v) is 16.0. The number of nitrogens with zero attached hydrogens (tertiary/aromatic N) is 2. The highest BCUT2D eigenvalue weighted by molar-refractivity contribution is 6.07. The first kappa shape index (κ1) is 21.0. The monoisotopic (exact) mass is 421 g/mol. The van der Waals surface area contributed by atoms with Crippen LogP contribution in [0.3, 0.4) is 0 Å². The molecule has 0 radical (unpaired) electrons. The summed E-state index contributed by atoms with van der Waals surface area (Å²) in [6.45, 7) is -0.146. The molecule has 158 valence electrons. The van der Waals surface area contributed by atoms with E-state index in [0.29, 0.717) is 0 Å². The standard InChI is InChI=1S/C19H17F2N3O6/c1-3-27-18(26)13-9(2)29-16-14(13)15(22)23-12(24-16)8-28-17(25)10-6-4-5-7-11(10)30-19(20)21/h4-7,19H,3,8H2,1-2H3,(H2,22,23,24). The molecule has 2 N–H and O–H groups in total. The second-order valence-corrected chi connectivity index (χ2v) is 5.91. The minimum Gasteiger partial charge on any atom is -0.462 e. The summed E-state index contributed by atoms with van der Waals surface area (Å²) in [5.74, 6) is -1.70. The van der Waals surface area contributed by atoms with Gasteiger partial charge in [0, 0.05) is 0 Å². The number of furan rings is 1. The molecule has 9 nitrogen and oxygen atoms in total. The smallest absolute Gasteiger partial charge is 0.387 e. The molecule has 2 heterocycles. The number of esters is 2. The predicted octanol–water partition coefficient (Wildman–Crippen LogP) is 3.25. The van der Waals surface area contributed by atoms with Gasteiger partial charge in [-0.3, -0.25) is 0 Å². The second kappa shape index (κ2) is 8.72. The molecule has 1 aromatic carbocycles. The Labute approximate surface area is 168 Å². The van der Waals surface area contributed by atoms with Crippen molar-refractivity contribution in [1.29, 1.82) is 0 Å². The summed E-state index contributed by atoms with van der Waals surface area (Å²) in [5, 5.41) is 0.191. The van der Waals surface area contributed by atoms with Gasteiger partial charge in [0.25, 0.3) is 0 Å². The van der Waals surface area contributed by atoms with E-state index in [2.05, 4.69) is 14.7 Å². The molecule has 0 unspecified atom stereocenters. The number of para-hydroxylation sites is 1. The summed E-state index contributed by atoms with van der Waals surface area (Å²) in [7, 11) is 0. The number of anilines is 1. The highest BCUT2D eigenvalue weighted by Gasteiger charge is 2.24. The Morgan fingerprint density at radius 3 is 2.60 bits per heavy atom. The molecule has 30 heavy (non-hydrogen) atoms. The van der Waals surface area contributed by atoms with Crippen molar-refractivity contribution in [2.75, 3.05) is 12.3 Å². The highest BCUT2D eigenvalue weighted by atomic mass is 19.3. The van der Waals surface area contributed by atoms with Crippen LogP contribution in [0.5, 0.6) is 5.75 Å². The van der Waals surface area contributed by atoms with Crippen LogP contribution in [0.1, 0.15) is 39.2 Å². The number of aromatic nitrogens is 2. The topological polar surface area (TPSA) is 127 Å². The van der Waals surface area contributed by atoms with E-state index in [0.717, 1.165) is 0 Å². The Balaban J connectivity index is 1.82. The van der Waals surface area contributed by atoms with Crippen molar-refractivity contribution >= 4 is 28.9 Å². The summed E-state index contributed by atoms with van der Waals surface area (Å²) in [4.78, 5) is 32.5. The lowest BCUT2D eigenvalue weighted by atomic mass is 10.2. The number of fused-ring (bicyclic) bond motifs is 1.